The number of nitrogens with one attached hydrogen (secondary N) is 1. The fourth-order valence-corrected chi connectivity index (χ4v) is 2.11. The molecule has 0 aliphatic heterocycles. The van der Waals surface area contributed by atoms with Gasteiger partial charge >= 0.3 is 0 Å². The third kappa shape index (κ3) is 1.85. The molecule has 0 bridgehead atoms. The van der Waals surface area contributed by atoms with Crippen molar-refractivity contribution in [3.8, 4) is 6.07 Å². The zero-order valence-electron chi connectivity index (χ0n) is 9.72. The van der Waals surface area contributed by atoms with Crippen LogP contribution in [0.3, 0.4) is 0 Å². The number of aromatic amines is 1. The fourth-order valence-electron chi connectivity index (χ4n) is 2.11. The van der Waals surface area contributed by atoms with E-state index in [4.69, 9.17) is 5.26 Å². The molecule has 1 aromatic heterocycles. The van der Waals surface area contributed by atoms with Crippen molar-refractivity contribution in [1.29, 1.82) is 5.26 Å². The smallest absolute Gasteiger partial charge is 0.0994 e. The van der Waals surface area contributed by atoms with Crippen LogP contribution in [0.1, 0.15) is 16.7 Å². The molecule has 0 amide bonds. The van der Waals surface area contributed by atoms with E-state index in [1.165, 1.54) is 5.56 Å². The summed E-state index contributed by atoms with van der Waals surface area (Å²) in [5.41, 5.74) is 4.02. The highest BCUT2D eigenvalue weighted by molar-refractivity contribution is 5.78. The molecule has 0 saturated carbocycles. The highest BCUT2D eigenvalue weighted by Gasteiger charge is 2.03. The Morgan fingerprint density at radius 3 is 2.94 bits per heavy atom. The number of rotatable bonds is 2. The van der Waals surface area contributed by atoms with E-state index in [0.29, 0.717) is 0 Å². The molecule has 0 saturated heterocycles. The van der Waals surface area contributed by atoms with Gasteiger partial charge in [-0.3, -0.25) is 5.10 Å². The Hall–Kier alpha value is -2.60. The maximum absolute atomic E-state index is 9.07. The number of hydrogen-bond acceptors (Lipinski definition) is 2. The predicted octanol–water partition coefficient (Wildman–Crippen LogP) is 3.03. The van der Waals surface area contributed by atoms with E-state index in [1.807, 2.05) is 36.5 Å². The molecule has 0 atom stereocenters. The lowest BCUT2D eigenvalue weighted by Crippen LogP contribution is -1.91. The third-order valence-corrected chi connectivity index (χ3v) is 3.04. The Morgan fingerprint density at radius 2 is 2.06 bits per heavy atom. The summed E-state index contributed by atoms with van der Waals surface area (Å²) in [6.45, 7) is 0. The van der Waals surface area contributed by atoms with Crippen LogP contribution >= 0.6 is 0 Å². The summed E-state index contributed by atoms with van der Waals surface area (Å²) in [7, 11) is 0. The number of nitriles is 1. The monoisotopic (exact) mass is 233 g/mol. The maximum Gasteiger partial charge on any atom is 0.0994 e. The maximum atomic E-state index is 9.07. The average molecular weight is 233 g/mol. The van der Waals surface area contributed by atoms with Crippen molar-refractivity contribution >= 4 is 10.9 Å². The summed E-state index contributed by atoms with van der Waals surface area (Å²) in [6.07, 6.45) is 2.58. The Balaban J connectivity index is 1.98. The summed E-state index contributed by atoms with van der Waals surface area (Å²) in [5, 5.41) is 17.1. The number of fused-ring (bicyclic) bond motifs is 1. The number of H-pyrrole nitrogens is 1. The van der Waals surface area contributed by atoms with Crippen LogP contribution in [0.5, 0.6) is 0 Å². The zero-order valence-corrected chi connectivity index (χ0v) is 9.72. The van der Waals surface area contributed by atoms with Crippen LogP contribution in [0.4, 0.5) is 0 Å². The van der Waals surface area contributed by atoms with Gasteiger partial charge < -0.3 is 0 Å². The molecule has 18 heavy (non-hydrogen) atoms. The standard InChI is InChI=1S/C15H11N3/c16-9-13-4-2-1-3-12(13)7-11-5-6-15-14(8-11)10-17-18-15/h1-6,8,10H,7H2,(H,17,18). The minimum absolute atomic E-state index is 0.741. The lowest BCUT2D eigenvalue weighted by Gasteiger charge is -2.04. The molecule has 0 fully saturated rings. The van der Waals surface area contributed by atoms with Gasteiger partial charge in [-0.15, -0.1) is 0 Å². The first-order chi connectivity index (χ1) is 8.86. The fraction of sp³-hybridized carbons (Fsp3) is 0.0667. The summed E-state index contributed by atoms with van der Waals surface area (Å²) >= 11 is 0. The molecular weight excluding hydrogens is 222 g/mol. The van der Waals surface area contributed by atoms with Crippen LogP contribution in [0.25, 0.3) is 10.9 Å². The van der Waals surface area contributed by atoms with Gasteiger partial charge in [0.05, 0.1) is 23.3 Å². The van der Waals surface area contributed by atoms with Crippen LogP contribution in [0.15, 0.2) is 48.7 Å². The molecule has 3 rings (SSSR count). The van der Waals surface area contributed by atoms with E-state index in [9.17, 15) is 0 Å². The molecule has 0 spiro atoms. The Kier molecular flexibility index (Phi) is 2.54. The topological polar surface area (TPSA) is 52.5 Å². The van der Waals surface area contributed by atoms with Gasteiger partial charge in [-0.1, -0.05) is 24.3 Å². The second kappa shape index (κ2) is 4.34. The van der Waals surface area contributed by atoms with Crippen molar-refractivity contribution in [2.75, 3.05) is 0 Å². The highest BCUT2D eigenvalue weighted by atomic mass is 15.1. The number of aromatic nitrogens is 2. The number of benzene rings is 2. The molecule has 86 valence electrons. The van der Waals surface area contributed by atoms with Crippen LogP contribution in [-0.2, 0) is 6.42 Å². The third-order valence-electron chi connectivity index (χ3n) is 3.04. The largest absolute Gasteiger partial charge is 0.278 e. The van der Waals surface area contributed by atoms with Crippen molar-refractivity contribution in [1.82, 2.24) is 10.2 Å². The Bertz CT molecular complexity index is 735. The second-order valence-electron chi connectivity index (χ2n) is 4.24. The van der Waals surface area contributed by atoms with Gasteiger partial charge in [-0.05, 0) is 35.7 Å². The summed E-state index contributed by atoms with van der Waals surface area (Å²) in [5.74, 6) is 0. The highest BCUT2D eigenvalue weighted by Crippen LogP contribution is 2.17. The van der Waals surface area contributed by atoms with Crippen LogP contribution in [0, 0.1) is 11.3 Å². The van der Waals surface area contributed by atoms with Crippen LogP contribution in [0.2, 0.25) is 0 Å². The lowest BCUT2D eigenvalue weighted by atomic mass is 10.00. The van der Waals surface area contributed by atoms with E-state index in [1.54, 1.807) is 0 Å². The minimum atomic E-state index is 0.741. The molecule has 1 N–H and O–H groups in total. The van der Waals surface area contributed by atoms with E-state index >= 15 is 0 Å². The summed E-state index contributed by atoms with van der Waals surface area (Å²) < 4.78 is 0. The van der Waals surface area contributed by atoms with Gasteiger partial charge in [-0.25, -0.2) is 0 Å². The van der Waals surface area contributed by atoms with Crippen LogP contribution < -0.4 is 0 Å². The molecular formula is C15H11N3. The summed E-state index contributed by atoms with van der Waals surface area (Å²) in [4.78, 5) is 0. The molecule has 2 aromatic carbocycles. The van der Waals surface area contributed by atoms with E-state index in [-0.39, 0.29) is 0 Å². The zero-order chi connectivity index (χ0) is 12.4. The second-order valence-corrected chi connectivity index (χ2v) is 4.24. The molecule has 0 aliphatic carbocycles. The van der Waals surface area contributed by atoms with Crippen molar-refractivity contribution in [3.05, 3.63) is 65.4 Å². The Morgan fingerprint density at radius 1 is 1.17 bits per heavy atom. The normalized spacial score (nSPS) is 10.4. The van der Waals surface area contributed by atoms with Crippen molar-refractivity contribution in [3.63, 3.8) is 0 Å². The minimum Gasteiger partial charge on any atom is -0.278 e. The van der Waals surface area contributed by atoms with E-state index in [2.05, 4.69) is 28.4 Å². The average Bonchev–Trinajstić information content (AvgIpc) is 2.87. The number of hydrogen-bond donors (Lipinski definition) is 1. The first-order valence-electron chi connectivity index (χ1n) is 5.77. The lowest BCUT2D eigenvalue weighted by molar-refractivity contribution is 1.12. The molecule has 1 heterocycles. The van der Waals surface area contributed by atoms with Crippen LogP contribution in [-0.4, -0.2) is 10.2 Å². The molecule has 0 radical (unpaired) electrons. The summed E-state index contributed by atoms with van der Waals surface area (Å²) in [6, 6.07) is 16.1. The van der Waals surface area contributed by atoms with Gasteiger partial charge in [0.2, 0.25) is 0 Å². The first-order valence-corrected chi connectivity index (χ1v) is 5.77. The van der Waals surface area contributed by atoms with Crippen molar-refractivity contribution in [2.45, 2.75) is 6.42 Å². The SMILES string of the molecule is N#Cc1ccccc1Cc1ccc2[nH]ncc2c1. The molecule has 3 heteroatoms. The number of nitrogens with zero attached hydrogens (tertiary/aromatic N) is 2. The van der Waals surface area contributed by atoms with E-state index < -0.39 is 0 Å². The predicted molar refractivity (Wildman–Crippen MR) is 70.1 cm³/mol. The van der Waals surface area contributed by atoms with Gasteiger partial charge in [-0.2, -0.15) is 10.4 Å². The molecule has 0 aliphatic rings. The van der Waals surface area contributed by atoms with E-state index in [0.717, 1.165) is 28.5 Å². The van der Waals surface area contributed by atoms with Crippen molar-refractivity contribution < 1.29 is 0 Å². The van der Waals surface area contributed by atoms with Gasteiger partial charge in [0.15, 0.2) is 0 Å². The van der Waals surface area contributed by atoms with Crippen molar-refractivity contribution in [2.24, 2.45) is 0 Å². The molecule has 0 unspecified atom stereocenters. The molecule has 3 nitrogen and oxygen atoms in total. The quantitative estimate of drug-likeness (QED) is 0.739. The van der Waals surface area contributed by atoms with Gasteiger partial charge in [0, 0.05) is 5.39 Å². The first kappa shape index (κ1) is 10.5. The van der Waals surface area contributed by atoms with Gasteiger partial charge in [0.1, 0.15) is 0 Å². The van der Waals surface area contributed by atoms with Gasteiger partial charge in [0.25, 0.3) is 0 Å². The Labute approximate surface area is 105 Å². The molecule has 3 aromatic rings.